The maximum Gasteiger partial charge on any atom is 0.126 e. The minimum Gasteiger partial charge on any atom is -0.389 e. The smallest absolute Gasteiger partial charge is 0.126 e. The summed E-state index contributed by atoms with van der Waals surface area (Å²) in [7, 11) is 1.68. The molecule has 2 N–H and O–H groups in total. The molecule has 6 heteroatoms. The standard InChI is InChI=1S/C7H10Cl2N2O2/c1-11-3-4(9)6(10-11)7(13)5(12)2-8/h3,5,7,12-13H,2H2,1H3. The number of aryl methyl sites for hydroxylation is 1. The first-order valence-electron chi connectivity index (χ1n) is 3.67. The van der Waals surface area contributed by atoms with Crippen LogP contribution in [0.3, 0.4) is 0 Å². The average molecular weight is 225 g/mol. The number of nitrogens with zero attached hydrogens (tertiary/aromatic N) is 2. The Morgan fingerprint density at radius 1 is 1.62 bits per heavy atom. The SMILES string of the molecule is Cn1cc(Cl)c(C(O)C(O)CCl)n1. The van der Waals surface area contributed by atoms with Crippen LogP contribution >= 0.6 is 23.2 Å². The number of aliphatic hydroxyl groups excluding tert-OH is 2. The first-order chi connectivity index (χ1) is 6.06. The van der Waals surface area contributed by atoms with Gasteiger partial charge in [0.1, 0.15) is 11.8 Å². The van der Waals surface area contributed by atoms with Gasteiger partial charge in [0.05, 0.1) is 17.0 Å². The number of rotatable bonds is 3. The Morgan fingerprint density at radius 3 is 2.62 bits per heavy atom. The quantitative estimate of drug-likeness (QED) is 0.744. The average Bonchev–Trinajstić information content (AvgIpc) is 2.42. The lowest BCUT2D eigenvalue weighted by atomic mass is 10.2. The topological polar surface area (TPSA) is 58.3 Å². The van der Waals surface area contributed by atoms with Crippen LogP contribution in [0, 0.1) is 0 Å². The summed E-state index contributed by atoms with van der Waals surface area (Å²) in [6.07, 6.45) is -0.638. The summed E-state index contributed by atoms with van der Waals surface area (Å²) in [5.41, 5.74) is 0.248. The Balaban J connectivity index is 2.87. The first-order valence-corrected chi connectivity index (χ1v) is 4.58. The van der Waals surface area contributed by atoms with E-state index in [9.17, 15) is 10.2 Å². The van der Waals surface area contributed by atoms with Gasteiger partial charge in [-0.15, -0.1) is 11.6 Å². The highest BCUT2D eigenvalue weighted by Crippen LogP contribution is 2.23. The highest BCUT2D eigenvalue weighted by Gasteiger charge is 2.22. The molecule has 0 amide bonds. The van der Waals surface area contributed by atoms with E-state index >= 15 is 0 Å². The molecule has 2 unspecified atom stereocenters. The molecule has 1 rings (SSSR count). The Bertz CT molecular complexity index is 290. The monoisotopic (exact) mass is 224 g/mol. The lowest BCUT2D eigenvalue weighted by Crippen LogP contribution is -2.20. The van der Waals surface area contributed by atoms with E-state index < -0.39 is 12.2 Å². The Hall–Kier alpha value is -0.290. The van der Waals surface area contributed by atoms with E-state index in [0.717, 1.165) is 0 Å². The van der Waals surface area contributed by atoms with Crippen molar-refractivity contribution in [3.63, 3.8) is 0 Å². The second kappa shape index (κ2) is 4.28. The number of aromatic nitrogens is 2. The van der Waals surface area contributed by atoms with Crippen molar-refractivity contribution in [3.8, 4) is 0 Å². The molecule has 74 valence electrons. The molecule has 0 fully saturated rings. The van der Waals surface area contributed by atoms with Gasteiger partial charge in [-0.1, -0.05) is 11.6 Å². The third-order valence-electron chi connectivity index (χ3n) is 1.61. The van der Waals surface area contributed by atoms with Crippen LogP contribution in [-0.2, 0) is 7.05 Å². The molecule has 1 aromatic rings. The summed E-state index contributed by atoms with van der Waals surface area (Å²) in [4.78, 5) is 0. The van der Waals surface area contributed by atoms with E-state index in [4.69, 9.17) is 23.2 Å². The summed E-state index contributed by atoms with van der Waals surface area (Å²) in [6.45, 7) is 0. The molecule has 2 atom stereocenters. The highest BCUT2D eigenvalue weighted by atomic mass is 35.5. The van der Waals surface area contributed by atoms with Crippen molar-refractivity contribution >= 4 is 23.2 Å². The van der Waals surface area contributed by atoms with E-state index in [1.165, 1.54) is 4.68 Å². The molecule has 13 heavy (non-hydrogen) atoms. The van der Waals surface area contributed by atoms with E-state index in [-0.39, 0.29) is 11.6 Å². The van der Waals surface area contributed by atoms with Gasteiger partial charge in [0.25, 0.3) is 0 Å². The van der Waals surface area contributed by atoms with Crippen molar-refractivity contribution in [2.45, 2.75) is 12.2 Å². The minimum atomic E-state index is -1.13. The normalized spacial score (nSPS) is 15.8. The van der Waals surface area contributed by atoms with Gasteiger partial charge in [-0.3, -0.25) is 4.68 Å². The molecule has 1 aromatic heterocycles. The van der Waals surface area contributed by atoms with Crippen molar-refractivity contribution in [1.29, 1.82) is 0 Å². The maximum absolute atomic E-state index is 9.49. The number of hydrogen-bond donors (Lipinski definition) is 2. The molecule has 4 nitrogen and oxygen atoms in total. The fraction of sp³-hybridized carbons (Fsp3) is 0.571. The highest BCUT2D eigenvalue weighted by molar-refractivity contribution is 6.31. The summed E-state index contributed by atoms with van der Waals surface area (Å²) in [6, 6.07) is 0. The molecule has 0 aliphatic heterocycles. The van der Waals surface area contributed by atoms with Crippen molar-refractivity contribution in [3.05, 3.63) is 16.9 Å². The zero-order valence-electron chi connectivity index (χ0n) is 6.98. The van der Waals surface area contributed by atoms with Gasteiger partial charge in [-0.2, -0.15) is 5.10 Å². The van der Waals surface area contributed by atoms with E-state index in [0.29, 0.717) is 5.02 Å². The molecular weight excluding hydrogens is 215 g/mol. The van der Waals surface area contributed by atoms with Gasteiger partial charge in [0.15, 0.2) is 0 Å². The van der Waals surface area contributed by atoms with Gasteiger partial charge < -0.3 is 10.2 Å². The fourth-order valence-corrected chi connectivity index (χ4v) is 1.40. The van der Waals surface area contributed by atoms with Crippen molar-refractivity contribution in [1.82, 2.24) is 9.78 Å². The predicted molar refractivity (Wildman–Crippen MR) is 49.9 cm³/mol. The van der Waals surface area contributed by atoms with Crippen LogP contribution in [-0.4, -0.2) is 32.0 Å². The first kappa shape index (κ1) is 10.8. The van der Waals surface area contributed by atoms with Gasteiger partial charge in [-0.05, 0) is 0 Å². The molecule has 0 aliphatic rings. The zero-order chi connectivity index (χ0) is 10.0. The van der Waals surface area contributed by atoms with Crippen LogP contribution in [0.15, 0.2) is 6.20 Å². The molecule has 0 saturated carbocycles. The van der Waals surface area contributed by atoms with E-state index in [1.54, 1.807) is 13.2 Å². The van der Waals surface area contributed by atoms with Crippen LogP contribution in [0.5, 0.6) is 0 Å². The lowest BCUT2D eigenvalue weighted by Gasteiger charge is -2.12. The van der Waals surface area contributed by atoms with Crippen LogP contribution in [0.2, 0.25) is 5.02 Å². The van der Waals surface area contributed by atoms with Crippen molar-refractivity contribution < 1.29 is 10.2 Å². The fourth-order valence-electron chi connectivity index (χ4n) is 0.944. The van der Waals surface area contributed by atoms with Crippen molar-refractivity contribution in [2.75, 3.05) is 5.88 Å². The third-order valence-corrected chi connectivity index (χ3v) is 2.22. The van der Waals surface area contributed by atoms with Crippen molar-refractivity contribution in [2.24, 2.45) is 7.05 Å². The lowest BCUT2D eigenvalue weighted by molar-refractivity contribution is 0.0297. The predicted octanol–water partition coefficient (Wildman–Crippen LogP) is 0.707. The minimum absolute atomic E-state index is 0.0614. The molecule has 0 spiro atoms. The maximum atomic E-state index is 9.49. The van der Waals surface area contributed by atoms with Crippen LogP contribution in [0.1, 0.15) is 11.8 Å². The summed E-state index contributed by atoms with van der Waals surface area (Å²) in [5.74, 6) is -0.0614. The molecule has 0 radical (unpaired) electrons. The van der Waals surface area contributed by atoms with Crippen LogP contribution < -0.4 is 0 Å². The molecule has 1 heterocycles. The van der Waals surface area contributed by atoms with Crippen LogP contribution in [0.4, 0.5) is 0 Å². The number of halogens is 2. The zero-order valence-corrected chi connectivity index (χ0v) is 8.50. The third kappa shape index (κ3) is 2.34. The molecule has 0 bridgehead atoms. The number of aliphatic hydroxyl groups is 2. The van der Waals surface area contributed by atoms with Gasteiger partial charge in [-0.25, -0.2) is 0 Å². The summed E-state index contributed by atoms with van der Waals surface area (Å²) < 4.78 is 1.46. The van der Waals surface area contributed by atoms with Gasteiger partial charge in [0, 0.05) is 13.2 Å². The Morgan fingerprint density at radius 2 is 2.23 bits per heavy atom. The second-order valence-corrected chi connectivity index (χ2v) is 3.42. The number of alkyl halides is 1. The molecular formula is C7H10Cl2N2O2. The van der Waals surface area contributed by atoms with E-state index in [1.807, 2.05) is 0 Å². The van der Waals surface area contributed by atoms with Crippen LogP contribution in [0.25, 0.3) is 0 Å². The summed E-state index contributed by atoms with van der Waals surface area (Å²) in [5, 5.41) is 22.9. The molecule has 0 aliphatic carbocycles. The Kier molecular flexibility index (Phi) is 3.55. The summed E-state index contributed by atoms with van der Waals surface area (Å²) >= 11 is 11.1. The molecule has 0 saturated heterocycles. The Labute approximate surface area is 85.7 Å². The number of hydrogen-bond acceptors (Lipinski definition) is 3. The van der Waals surface area contributed by atoms with Gasteiger partial charge >= 0.3 is 0 Å². The second-order valence-electron chi connectivity index (χ2n) is 2.70. The van der Waals surface area contributed by atoms with Gasteiger partial charge in [0.2, 0.25) is 0 Å². The van der Waals surface area contributed by atoms with E-state index in [2.05, 4.69) is 5.10 Å². The largest absolute Gasteiger partial charge is 0.389 e. The molecule has 0 aromatic carbocycles.